The van der Waals surface area contributed by atoms with Crippen molar-refractivity contribution in [2.75, 3.05) is 5.73 Å². The van der Waals surface area contributed by atoms with Crippen LogP contribution in [-0.2, 0) is 0 Å². The Morgan fingerprint density at radius 2 is 1.81 bits per heavy atom. The minimum Gasteiger partial charge on any atom is -0.398 e. The number of hydrogen-bond donors (Lipinski definition) is 2. The van der Waals surface area contributed by atoms with E-state index >= 15 is 0 Å². The molecule has 0 fully saturated rings. The molecule has 0 spiro atoms. The summed E-state index contributed by atoms with van der Waals surface area (Å²) in [6.07, 6.45) is 0. The predicted molar refractivity (Wildman–Crippen MR) is 90.0 cm³/mol. The molecule has 110 valence electrons. The lowest BCUT2D eigenvalue weighted by molar-refractivity contribution is 0.0925. The van der Waals surface area contributed by atoms with Crippen LogP contribution in [0, 0.1) is 5.92 Å². The van der Waals surface area contributed by atoms with E-state index in [0.717, 1.165) is 10.0 Å². The highest BCUT2D eigenvalue weighted by Crippen LogP contribution is 2.24. The highest BCUT2D eigenvalue weighted by molar-refractivity contribution is 9.10. The van der Waals surface area contributed by atoms with Gasteiger partial charge in [0.2, 0.25) is 0 Å². The van der Waals surface area contributed by atoms with Gasteiger partial charge in [-0.1, -0.05) is 44.2 Å². The molecule has 1 amide bonds. The summed E-state index contributed by atoms with van der Waals surface area (Å²) in [5.74, 6) is 0.201. The smallest absolute Gasteiger partial charge is 0.251 e. The molecule has 0 saturated carbocycles. The van der Waals surface area contributed by atoms with Gasteiger partial charge in [0, 0.05) is 15.7 Å². The number of amides is 1. The van der Waals surface area contributed by atoms with Crippen molar-refractivity contribution in [2.24, 2.45) is 5.92 Å². The van der Waals surface area contributed by atoms with Crippen LogP contribution in [0.1, 0.15) is 35.8 Å². The lowest BCUT2D eigenvalue weighted by atomic mass is 9.95. The number of anilines is 1. The average Bonchev–Trinajstić information content (AvgIpc) is 2.48. The van der Waals surface area contributed by atoms with Crippen molar-refractivity contribution in [1.29, 1.82) is 0 Å². The number of nitrogen functional groups attached to an aromatic ring is 1. The molecule has 0 bridgehead atoms. The number of halogens is 1. The second-order valence-electron chi connectivity index (χ2n) is 5.34. The molecule has 0 heterocycles. The van der Waals surface area contributed by atoms with Crippen LogP contribution in [0.2, 0.25) is 0 Å². The van der Waals surface area contributed by atoms with Gasteiger partial charge in [-0.3, -0.25) is 4.79 Å². The summed E-state index contributed by atoms with van der Waals surface area (Å²) in [5.41, 5.74) is 8.07. The first-order valence-electron chi connectivity index (χ1n) is 6.90. The average molecular weight is 347 g/mol. The number of hydrogen-bond acceptors (Lipinski definition) is 2. The summed E-state index contributed by atoms with van der Waals surface area (Å²) < 4.78 is 0.732. The molecular weight excluding hydrogens is 328 g/mol. The van der Waals surface area contributed by atoms with Gasteiger partial charge < -0.3 is 11.1 Å². The van der Waals surface area contributed by atoms with E-state index in [1.54, 1.807) is 18.2 Å². The standard InChI is InChI=1S/C17H19BrN2O/c1-11(2)16(12-6-4-3-5-7-12)20-17(21)13-8-9-15(19)14(18)10-13/h3-11,16H,19H2,1-2H3,(H,20,21). The van der Waals surface area contributed by atoms with Crippen LogP contribution in [0.4, 0.5) is 5.69 Å². The fraction of sp³-hybridized carbons (Fsp3) is 0.235. The molecule has 3 N–H and O–H groups in total. The number of nitrogens with two attached hydrogens (primary N) is 1. The van der Waals surface area contributed by atoms with E-state index in [1.807, 2.05) is 30.3 Å². The number of rotatable bonds is 4. The van der Waals surface area contributed by atoms with Crippen molar-refractivity contribution >= 4 is 27.5 Å². The van der Waals surface area contributed by atoms with Crippen LogP contribution in [0.15, 0.2) is 53.0 Å². The summed E-state index contributed by atoms with van der Waals surface area (Å²) in [5, 5.41) is 3.10. The van der Waals surface area contributed by atoms with Gasteiger partial charge in [-0.15, -0.1) is 0 Å². The molecular formula is C17H19BrN2O. The molecule has 2 rings (SSSR count). The van der Waals surface area contributed by atoms with Crippen LogP contribution in [0.5, 0.6) is 0 Å². The topological polar surface area (TPSA) is 55.1 Å². The van der Waals surface area contributed by atoms with Gasteiger partial charge in [-0.05, 0) is 45.6 Å². The first-order chi connectivity index (χ1) is 9.99. The first-order valence-corrected chi connectivity index (χ1v) is 7.69. The van der Waals surface area contributed by atoms with E-state index < -0.39 is 0 Å². The molecule has 0 aromatic heterocycles. The van der Waals surface area contributed by atoms with Crippen molar-refractivity contribution in [2.45, 2.75) is 19.9 Å². The monoisotopic (exact) mass is 346 g/mol. The third-order valence-corrected chi connectivity index (χ3v) is 4.06. The van der Waals surface area contributed by atoms with Gasteiger partial charge in [0.25, 0.3) is 5.91 Å². The Labute approximate surface area is 133 Å². The molecule has 1 atom stereocenters. The fourth-order valence-corrected chi connectivity index (χ4v) is 2.57. The minimum absolute atomic E-state index is 0.0185. The Hall–Kier alpha value is -1.81. The van der Waals surface area contributed by atoms with Crippen molar-refractivity contribution in [3.8, 4) is 0 Å². The first kappa shape index (κ1) is 15.6. The van der Waals surface area contributed by atoms with Gasteiger partial charge in [0.15, 0.2) is 0 Å². The summed E-state index contributed by atoms with van der Waals surface area (Å²) in [4.78, 5) is 12.4. The SMILES string of the molecule is CC(C)C(NC(=O)c1ccc(N)c(Br)c1)c1ccccc1. The Morgan fingerprint density at radius 3 is 2.38 bits per heavy atom. The van der Waals surface area contributed by atoms with Gasteiger partial charge in [-0.2, -0.15) is 0 Å². The summed E-state index contributed by atoms with van der Waals surface area (Å²) >= 11 is 3.35. The van der Waals surface area contributed by atoms with Gasteiger partial charge >= 0.3 is 0 Å². The summed E-state index contributed by atoms with van der Waals surface area (Å²) in [6, 6.07) is 15.2. The predicted octanol–water partition coefficient (Wildman–Crippen LogP) is 4.16. The van der Waals surface area contributed by atoms with Crippen LogP contribution < -0.4 is 11.1 Å². The third-order valence-electron chi connectivity index (χ3n) is 3.37. The summed E-state index contributed by atoms with van der Waals surface area (Å²) in [7, 11) is 0. The van der Waals surface area contributed by atoms with Crippen molar-refractivity contribution in [3.05, 3.63) is 64.1 Å². The van der Waals surface area contributed by atoms with E-state index in [2.05, 4.69) is 35.1 Å². The van der Waals surface area contributed by atoms with Crippen molar-refractivity contribution in [1.82, 2.24) is 5.32 Å². The van der Waals surface area contributed by atoms with Gasteiger partial charge in [0.05, 0.1) is 6.04 Å². The Kier molecular flexibility index (Phi) is 5.02. The number of carbonyl (C=O) groups excluding carboxylic acids is 1. The molecule has 0 aliphatic carbocycles. The number of nitrogens with one attached hydrogen (secondary N) is 1. The Bertz CT molecular complexity index is 626. The van der Waals surface area contributed by atoms with E-state index in [4.69, 9.17) is 5.73 Å². The third kappa shape index (κ3) is 3.85. The molecule has 0 aliphatic rings. The number of carbonyl (C=O) groups is 1. The highest BCUT2D eigenvalue weighted by atomic mass is 79.9. The normalized spacial score (nSPS) is 12.2. The highest BCUT2D eigenvalue weighted by Gasteiger charge is 2.19. The second-order valence-corrected chi connectivity index (χ2v) is 6.20. The van der Waals surface area contributed by atoms with E-state index in [-0.39, 0.29) is 11.9 Å². The molecule has 0 aliphatic heterocycles. The zero-order valence-electron chi connectivity index (χ0n) is 12.1. The van der Waals surface area contributed by atoms with Crippen molar-refractivity contribution in [3.63, 3.8) is 0 Å². The van der Waals surface area contributed by atoms with Crippen LogP contribution in [0.3, 0.4) is 0 Å². The van der Waals surface area contributed by atoms with Crippen LogP contribution in [-0.4, -0.2) is 5.91 Å². The molecule has 4 heteroatoms. The van der Waals surface area contributed by atoms with Gasteiger partial charge in [-0.25, -0.2) is 0 Å². The lowest BCUT2D eigenvalue weighted by Gasteiger charge is -2.23. The van der Waals surface area contributed by atoms with Gasteiger partial charge in [0.1, 0.15) is 0 Å². The largest absolute Gasteiger partial charge is 0.398 e. The molecule has 2 aromatic rings. The maximum absolute atomic E-state index is 12.4. The molecule has 2 aromatic carbocycles. The Morgan fingerprint density at radius 1 is 1.14 bits per heavy atom. The quantitative estimate of drug-likeness (QED) is 0.816. The van der Waals surface area contributed by atoms with E-state index in [9.17, 15) is 4.79 Å². The van der Waals surface area contributed by atoms with Crippen LogP contribution in [0.25, 0.3) is 0 Å². The lowest BCUT2D eigenvalue weighted by Crippen LogP contribution is -2.31. The van der Waals surface area contributed by atoms with E-state index in [0.29, 0.717) is 17.2 Å². The molecule has 3 nitrogen and oxygen atoms in total. The maximum atomic E-state index is 12.4. The maximum Gasteiger partial charge on any atom is 0.251 e. The van der Waals surface area contributed by atoms with Crippen LogP contribution >= 0.6 is 15.9 Å². The summed E-state index contributed by atoms with van der Waals surface area (Å²) in [6.45, 7) is 4.19. The fourth-order valence-electron chi connectivity index (χ4n) is 2.19. The molecule has 21 heavy (non-hydrogen) atoms. The second kappa shape index (κ2) is 6.76. The molecule has 1 unspecified atom stereocenters. The zero-order valence-corrected chi connectivity index (χ0v) is 13.7. The zero-order chi connectivity index (χ0) is 15.4. The van der Waals surface area contributed by atoms with Crippen molar-refractivity contribution < 1.29 is 4.79 Å². The Balaban J connectivity index is 2.21. The molecule has 0 radical (unpaired) electrons. The minimum atomic E-state index is -0.0988. The molecule has 0 saturated heterocycles. The number of benzene rings is 2. The van der Waals surface area contributed by atoms with E-state index in [1.165, 1.54) is 0 Å².